The number of methoxy groups -OCH3 is 2. The van der Waals surface area contributed by atoms with E-state index >= 15 is 0 Å². The summed E-state index contributed by atoms with van der Waals surface area (Å²) in [5.41, 5.74) is 1.54. The zero-order chi connectivity index (χ0) is 24.2. The lowest BCUT2D eigenvalue weighted by molar-refractivity contribution is -0.145. The summed E-state index contributed by atoms with van der Waals surface area (Å²) in [6.07, 6.45) is 0.839. The summed E-state index contributed by atoms with van der Waals surface area (Å²) in [5, 5.41) is 24.8. The number of nitrogens with one attached hydrogen (secondary N) is 2. The third-order valence-corrected chi connectivity index (χ3v) is 5.09. The van der Waals surface area contributed by atoms with E-state index < -0.39 is 36.4 Å². The van der Waals surface area contributed by atoms with Crippen molar-refractivity contribution in [3.63, 3.8) is 0 Å². The number of ether oxygens (including phenoxy) is 2. The molecule has 0 bridgehead atoms. The normalized spacial score (nSPS) is 12.4. The Hall–Kier alpha value is -3.59. The van der Waals surface area contributed by atoms with Crippen molar-refractivity contribution in [1.29, 1.82) is 0 Å². The number of carboxylic acids is 1. The van der Waals surface area contributed by atoms with Crippen LogP contribution in [0.1, 0.15) is 24.0 Å². The second-order valence-corrected chi connectivity index (χ2v) is 7.48. The van der Waals surface area contributed by atoms with Gasteiger partial charge in [0.15, 0.2) is 0 Å². The Morgan fingerprint density at radius 2 is 1.76 bits per heavy atom. The van der Waals surface area contributed by atoms with E-state index in [2.05, 4.69) is 10.6 Å². The van der Waals surface area contributed by atoms with E-state index in [1.807, 2.05) is 30.3 Å². The van der Waals surface area contributed by atoms with E-state index in [9.17, 15) is 24.6 Å². The van der Waals surface area contributed by atoms with Crippen LogP contribution in [-0.2, 0) is 32.0 Å². The third-order valence-electron chi connectivity index (χ3n) is 5.09. The van der Waals surface area contributed by atoms with Gasteiger partial charge in [-0.05, 0) is 36.6 Å². The number of aryl methyl sites for hydroxylation is 1. The Kier molecular flexibility index (Phi) is 10.2. The standard InChI is InChI=1S/C24H30N2O7/c1-32-18-11-10-17(21(27)14-18)9-6-12-25-19(15-22(28)29)23(30)26-20(24(31)33-2)13-16-7-4-3-5-8-16/h3-5,7-8,10-11,14,19-20,25,27H,6,9,12-13,15H2,1-2H3,(H,26,30)(H,28,29)/t19-,20+/m0/s1. The first kappa shape index (κ1) is 25.7. The smallest absolute Gasteiger partial charge is 0.328 e. The number of carboxylic acid groups (broad SMARTS) is 1. The fourth-order valence-electron chi connectivity index (χ4n) is 3.33. The molecule has 178 valence electrons. The first-order valence-corrected chi connectivity index (χ1v) is 10.6. The number of aliphatic carboxylic acids is 1. The SMILES string of the molecule is COC(=O)[C@@H](Cc1ccccc1)NC(=O)[C@H](CC(=O)O)NCCCc1ccc(OC)cc1O. The summed E-state index contributed by atoms with van der Waals surface area (Å²) in [7, 11) is 2.74. The van der Waals surface area contributed by atoms with Crippen LogP contribution in [0, 0.1) is 0 Å². The number of phenolic OH excluding ortho intramolecular Hbond substituents is 1. The molecule has 2 aromatic rings. The number of aromatic hydroxyl groups is 1. The van der Waals surface area contributed by atoms with Gasteiger partial charge in [-0.3, -0.25) is 9.59 Å². The van der Waals surface area contributed by atoms with Gasteiger partial charge in [-0.25, -0.2) is 4.79 Å². The number of hydrogen-bond donors (Lipinski definition) is 4. The lowest BCUT2D eigenvalue weighted by atomic mass is 10.0. The molecule has 0 radical (unpaired) electrons. The maximum atomic E-state index is 12.8. The molecular formula is C24H30N2O7. The first-order chi connectivity index (χ1) is 15.8. The summed E-state index contributed by atoms with van der Waals surface area (Å²) >= 11 is 0. The van der Waals surface area contributed by atoms with Crippen molar-refractivity contribution in [2.24, 2.45) is 0 Å². The molecule has 4 N–H and O–H groups in total. The van der Waals surface area contributed by atoms with Gasteiger partial charge in [0.1, 0.15) is 17.5 Å². The summed E-state index contributed by atoms with van der Waals surface area (Å²) < 4.78 is 9.86. The predicted molar refractivity (Wildman–Crippen MR) is 121 cm³/mol. The number of carbonyl (C=O) groups excluding carboxylic acids is 2. The maximum absolute atomic E-state index is 12.8. The van der Waals surface area contributed by atoms with Crippen molar-refractivity contribution >= 4 is 17.8 Å². The molecule has 2 atom stereocenters. The van der Waals surface area contributed by atoms with Crippen LogP contribution in [0.15, 0.2) is 48.5 Å². The Morgan fingerprint density at radius 1 is 1.03 bits per heavy atom. The number of esters is 1. The molecule has 0 aliphatic carbocycles. The Morgan fingerprint density at radius 3 is 2.36 bits per heavy atom. The van der Waals surface area contributed by atoms with E-state index in [4.69, 9.17) is 9.47 Å². The minimum atomic E-state index is -1.15. The number of hydrogen-bond acceptors (Lipinski definition) is 7. The van der Waals surface area contributed by atoms with Crippen LogP contribution < -0.4 is 15.4 Å². The summed E-state index contributed by atoms with van der Waals surface area (Å²) in [6.45, 7) is 0.332. The lowest BCUT2D eigenvalue weighted by Crippen LogP contribution is -2.52. The largest absolute Gasteiger partial charge is 0.508 e. The highest BCUT2D eigenvalue weighted by Gasteiger charge is 2.27. The minimum Gasteiger partial charge on any atom is -0.508 e. The van der Waals surface area contributed by atoms with Gasteiger partial charge in [0.2, 0.25) is 5.91 Å². The molecular weight excluding hydrogens is 428 g/mol. The Labute approximate surface area is 192 Å². The first-order valence-electron chi connectivity index (χ1n) is 10.6. The van der Waals surface area contributed by atoms with Crippen molar-refractivity contribution in [2.75, 3.05) is 20.8 Å². The highest BCUT2D eigenvalue weighted by atomic mass is 16.5. The highest BCUT2D eigenvalue weighted by molar-refractivity contribution is 5.90. The van der Waals surface area contributed by atoms with Gasteiger partial charge < -0.3 is 30.3 Å². The number of rotatable bonds is 13. The number of carbonyl (C=O) groups is 3. The molecule has 33 heavy (non-hydrogen) atoms. The molecule has 0 fully saturated rings. The van der Waals surface area contributed by atoms with Gasteiger partial charge in [-0.15, -0.1) is 0 Å². The summed E-state index contributed by atoms with van der Waals surface area (Å²) in [5.74, 6) is -1.71. The molecule has 2 rings (SSSR count). The van der Waals surface area contributed by atoms with Gasteiger partial charge >= 0.3 is 11.9 Å². The molecule has 0 aliphatic rings. The van der Waals surface area contributed by atoms with Crippen LogP contribution in [0.3, 0.4) is 0 Å². The zero-order valence-corrected chi connectivity index (χ0v) is 18.7. The van der Waals surface area contributed by atoms with E-state index in [0.717, 1.165) is 5.56 Å². The lowest BCUT2D eigenvalue weighted by Gasteiger charge is -2.21. The van der Waals surface area contributed by atoms with E-state index in [1.165, 1.54) is 20.3 Å². The van der Waals surface area contributed by atoms with Crippen LogP contribution in [0.25, 0.3) is 0 Å². The average molecular weight is 459 g/mol. The van der Waals surface area contributed by atoms with Crippen LogP contribution in [0.2, 0.25) is 0 Å². The molecule has 0 saturated carbocycles. The molecule has 9 heteroatoms. The van der Waals surface area contributed by atoms with Gasteiger partial charge in [-0.2, -0.15) is 0 Å². The van der Waals surface area contributed by atoms with Crippen molar-refractivity contribution in [3.05, 3.63) is 59.7 Å². The Bertz CT molecular complexity index is 934. The van der Waals surface area contributed by atoms with Crippen molar-refractivity contribution in [2.45, 2.75) is 37.8 Å². The van der Waals surface area contributed by atoms with Crippen LogP contribution in [-0.4, -0.2) is 60.9 Å². The van der Waals surface area contributed by atoms with E-state index in [1.54, 1.807) is 12.1 Å². The van der Waals surface area contributed by atoms with Gasteiger partial charge in [-0.1, -0.05) is 36.4 Å². The quantitative estimate of drug-likeness (QED) is 0.263. The molecule has 0 saturated heterocycles. The fraction of sp³-hybridized carbons (Fsp3) is 0.375. The molecule has 9 nitrogen and oxygen atoms in total. The molecule has 1 amide bonds. The van der Waals surface area contributed by atoms with Crippen LogP contribution >= 0.6 is 0 Å². The van der Waals surface area contributed by atoms with Gasteiger partial charge in [0, 0.05) is 12.5 Å². The monoisotopic (exact) mass is 458 g/mol. The molecule has 0 aromatic heterocycles. The molecule has 0 aliphatic heterocycles. The second-order valence-electron chi connectivity index (χ2n) is 7.48. The third kappa shape index (κ3) is 8.46. The van der Waals surface area contributed by atoms with Crippen LogP contribution in [0.5, 0.6) is 11.5 Å². The highest BCUT2D eigenvalue weighted by Crippen LogP contribution is 2.24. The van der Waals surface area contributed by atoms with Crippen molar-refractivity contribution in [1.82, 2.24) is 10.6 Å². The van der Waals surface area contributed by atoms with Crippen molar-refractivity contribution < 1.29 is 34.1 Å². The van der Waals surface area contributed by atoms with Gasteiger partial charge in [0.25, 0.3) is 0 Å². The second kappa shape index (κ2) is 13.1. The van der Waals surface area contributed by atoms with Crippen LogP contribution in [0.4, 0.5) is 0 Å². The Balaban J connectivity index is 1.96. The zero-order valence-electron chi connectivity index (χ0n) is 18.7. The predicted octanol–water partition coefficient (Wildman–Crippen LogP) is 1.67. The number of phenols is 1. The van der Waals surface area contributed by atoms with E-state index in [-0.39, 0.29) is 12.2 Å². The number of benzene rings is 2. The van der Waals surface area contributed by atoms with Gasteiger partial charge in [0.05, 0.1) is 26.7 Å². The molecule has 0 unspecified atom stereocenters. The molecule has 0 spiro atoms. The number of amides is 1. The van der Waals surface area contributed by atoms with Crippen molar-refractivity contribution in [3.8, 4) is 11.5 Å². The van der Waals surface area contributed by atoms with E-state index in [0.29, 0.717) is 30.7 Å². The summed E-state index contributed by atoms with van der Waals surface area (Å²) in [4.78, 5) is 36.3. The minimum absolute atomic E-state index is 0.107. The molecule has 2 aromatic carbocycles. The fourth-order valence-corrected chi connectivity index (χ4v) is 3.33. The topological polar surface area (TPSA) is 134 Å². The summed E-state index contributed by atoms with van der Waals surface area (Å²) in [6, 6.07) is 12.2. The maximum Gasteiger partial charge on any atom is 0.328 e. The molecule has 0 heterocycles. The average Bonchev–Trinajstić information content (AvgIpc) is 2.81.